The van der Waals surface area contributed by atoms with Gasteiger partial charge in [0.25, 0.3) is 5.92 Å². The number of nitrogens with zero attached hydrogens (tertiary/aromatic N) is 1. The van der Waals surface area contributed by atoms with E-state index < -0.39 is 5.92 Å². The van der Waals surface area contributed by atoms with E-state index in [1.165, 1.54) is 12.1 Å². The lowest BCUT2D eigenvalue weighted by Gasteiger charge is -2.16. The minimum Gasteiger partial charge on any atom is -0.253 e. The van der Waals surface area contributed by atoms with E-state index in [4.69, 9.17) is 11.6 Å². The summed E-state index contributed by atoms with van der Waals surface area (Å²) in [7, 11) is 0. The average molecular weight is 439 g/mol. The van der Waals surface area contributed by atoms with Crippen LogP contribution in [0.3, 0.4) is 0 Å². The van der Waals surface area contributed by atoms with Crippen LogP contribution >= 0.6 is 27.5 Å². The molecule has 26 heavy (non-hydrogen) atoms. The van der Waals surface area contributed by atoms with Crippen molar-refractivity contribution >= 4 is 38.4 Å². The number of halogens is 4. The van der Waals surface area contributed by atoms with Gasteiger partial charge in [0, 0.05) is 34.0 Å². The van der Waals surface area contributed by atoms with Crippen molar-refractivity contribution in [3.63, 3.8) is 0 Å². The Balaban J connectivity index is 1.94. The minimum absolute atomic E-state index is 0.0616. The molecule has 0 radical (unpaired) electrons. The zero-order valence-electron chi connectivity index (χ0n) is 14.6. The zero-order valence-corrected chi connectivity index (χ0v) is 17.0. The zero-order chi connectivity index (χ0) is 18.9. The summed E-state index contributed by atoms with van der Waals surface area (Å²) >= 11 is 10.1. The van der Waals surface area contributed by atoms with Crippen LogP contribution < -0.4 is 0 Å². The van der Waals surface area contributed by atoms with Crippen molar-refractivity contribution in [2.75, 3.05) is 0 Å². The molecular formula is C21H19BrClF2N. The highest BCUT2D eigenvalue weighted by atomic mass is 79.9. The Hall–Kier alpha value is -1.52. The number of alkyl halides is 2. The lowest BCUT2D eigenvalue weighted by Crippen LogP contribution is -2.12. The van der Waals surface area contributed by atoms with E-state index in [0.717, 1.165) is 32.2 Å². The van der Waals surface area contributed by atoms with Crippen LogP contribution in [0.5, 0.6) is 0 Å². The largest absolute Gasteiger partial charge is 0.273 e. The van der Waals surface area contributed by atoms with Crippen molar-refractivity contribution < 1.29 is 8.78 Å². The maximum Gasteiger partial charge on any atom is 0.273 e. The van der Waals surface area contributed by atoms with Gasteiger partial charge in [0.15, 0.2) is 0 Å². The molecule has 0 N–H and O–H groups in total. The number of aromatic nitrogens is 1. The van der Waals surface area contributed by atoms with Crippen LogP contribution in [0.25, 0.3) is 10.9 Å². The first-order valence-corrected chi connectivity index (χ1v) is 9.70. The van der Waals surface area contributed by atoms with Gasteiger partial charge in [-0.2, -0.15) is 0 Å². The third kappa shape index (κ3) is 3.91. The first kappa shape index (κ1) is 19.2. The Bertz CT molecular complexity index is 939. The van der Waals surface area contributed by atoms with Gasteiger partial charge < -0.3 is 0 Å². The predicted molar refractivity (Wildman–Crippen MR) is 107 cm³/mol. The summed E-state index contributed by atoms with van der Waals surface area (Å²) in [6.07, 6.45) is 0.863. The van der Waals surface area contributed by atoms with E-state index in [2.05, 4.69) is 20.9 Å². The molecule has 0 bridgehead atoms. The summed E-state index contributed by atoms with van der Waals surface area (Å²) < 4.78 is 29.0. The van der Waals surface area contributed by atoms with E-state index >= 15 is 0 Å². The Labute approximate surface area is 165 Å². The fourth-order valence-electron chi connectivity index (χ4n) is 3.09. The standard InChI is InChI=1S/C21H19BrClF2N/c1-3-10-21(24,25)15-6-4-14(5-7-15)11-17-13(2)26-19-9-8-16(22)12-18(19)20(17)23/h4-9,12H,3,10-11H2,1-2H3. The van der Waals surface area contributed by atoms with Gasteiger partial charge in [0.1, 0.15) is 0 Å². The predicted octanol–water partition coefficient (Wildman–Crippen LogP) is 7.44. The molecule has 0 amide bonds. The van der Waals surface area contributed by atoms with Gasteiger partial charge in [-0.15, -0.1) is 0 Å². The van der Waals surface area contributed by atoms with Crippen LogP contribution in [-0.2, 0) is 12.3 Å². The molecule has 0 unspecified atom stereocenters. The molecule has 3 aromatic rings. The van der Waals surface area contributed by atoms with Gasteiger partial charge in [-0.3, -0.25) is 4.98 Å². The molecule has 5 heteroatoms. The second-order valence-corrected chi connectivity index (χ2v) is 7.77. The molecule has 2 aromatic carbocycles. The quantitative estimate of drug-likeness (QED) is 0.403. The van der Waals surface area contributed by atoms with Crippen molar-refractivity contribution in [2.24, 2.45) is 0 Å². The van der Waals surface area contributed by atoms with Crippen molar-refractivity contribution in [3.8, 4) is 0 Å². The van der Waals surface area contributed by atoms with E-state index in [-0.39, 0.29) is 12.0 Å². The Morgan fingerprint density at radius 1 is 1.12 bits per heavy atom. The highest BCUT2D eigenvalue weighted by molar-refractivity contribution is 9.10. The summed E-state index contributed by atoms with van der Waals surface area (Å²) in [5.74, 6) is -2.78. The Morgan fingerprint density at radius 3 is 2.46 bits per heavy atom. The van der Waals surface area contributed by atoms with Crippen LogP contribution in [0.1, 0.15) is 42.1 Å². The molecule has 0 aliphatic heterocycles. The number of benzene rings is 2. The SMILES string of the molecule is CCCC(F)(F)c1ccc(Cc2c(C)nc3ccc(Br)cc3c2Cl)cc1. The van der Waals surface area contributed by atoms with Gasteiger partial charge >= 0.3 is 0 Å². The lowest BCUT2D eigenvalue weighted by molar-refractivity contribution is -0.0140. The highest BCUT2D eigenvalue weighted by Gasteiger charge is 2.29. The number of pyridine rings is 1. The van der Waals surface area contributed by atoms with Crippen molar-refractivity contribution in [3.05, 3.63) is 74.3 Å². The van der Waals surface area contributed by atoms with Crippen molar-refractivity contribution in [2.45, 2.75) is 39.0 Å². The Morgan fingerprint density at radius 2 is 1.81 bits per heavy atom. The normalized spacial score (nSPS) is 11.9. The molecule has 0 fully saturated rings. The van der Waals surface area contributed by atoms with Gasteiger partial charge in [-0.1, -0.05) is 65.1 Å². The molecule has 1 heterocycles. The van der Waals surface area contributed by atoms with Gasteiger partial charge in [-0.25, -0.2) is 8.78 Å². The number of aryl methyl sites for hydroxylation is 1. The third-order valence-corrected chi connectivity index (χ3v) is 5.43. The van der Waals surface area contributed by atoms with Gasteiger partial charge in [-0.05, 0) is 36.2 Å². The van der Waals surface area contributed by atoms with E-state index in [9.17, 15) is 8.78 Å². The second kappa shape index (κ2) is 7.61. The van der Waals surface area contributed by atoms with E-state index in [0.29, 0.717) is 17.9 Å². The fraction of sp³-hybridized carbons (Fsp3) is 0.286. The molecule has 1 nitrogen and oxygen atoms in total. The third-order valence-electron chi connectivity index (χ3n) is 4.51. The molecule has 0 saturated heterocycles. The lowest BCUT2D eigenvalue weighted by atomic mass is 9.98. The molecule has 0 atom stereocenters. The summed E-state index contributed by atoms with van der Waals surface area (Å²) in [4.78, 5) is 4.63. The number of rotatable bonds is 5. The maximum atomic E-state index is 14.0. The smallest absolute Gasteiger partial charge is 0.253 e. The number of hydrogen-bond donors (Lipinski definition) is 0. The van der Waals surface area contributed by atoms with Crippen LogP contribution in [0.15, 0.2) is 46.9 Å². The summed E-state index contributed by atoms with van der Waals surface area (Å²) in [6.45, 7) is 3.69. The van der Waals surface area contributed by atoms with E-state index in [1.54, 1.807) is 19.1 Å². The first-order valence-electron chi connectivity index (χ1n) is 8.53. The first-order chi connectivity index (χ1) is 12.3. The van der Waals surface area contributed by atoms with E-state index in [1.807, 2.05) is 25.1 Å². The van der Waals surface area contributed by atoms with Crippen molar-refractivity contribution in [1.82, 2.24) is 4.98 Å². The van der Waals surface area contributed by atoms with Gasteiger partial charge in [0.05, 0.1) is 10.5 Å². The Kier molecular flexibility index (Phi) is 5.64. The van der Waals surface area contributed by atoms with Crippen molar-refractivity contribution in [1.29, 1.82) is 0 Å². The highest BCUT2D eigenvalue weighted by Crippen LogP contribution is 2.34. The van der Waals surface area contributed by atoms with Gasteiger partial charge in [0.2, 0.25) is 0 Å². The number of hydrogen-bond acceptors (Lipinski definition) is 1. The monoisotopic (exact) mass is 437 g/mol. The summed E-state index contributed by atoms with van der Waals surface area (Å²) in [5.41, 5.74) is 3.61. The van der Waals surface area contributed by atoms with Crippen LogP contribution in [0.4, 0.5) is 8.78 Å². The summed E-state index contributed by atoms with van der Waals surface area (Å²) in [6, 6.07) is 12.3. The topological polar surface area (TPSA) is 12.9 Å². The van der Waals surface area contributed by atoms with Crippen LogP contribution in [0.2, 0.25) is 5.02 Å². The maximum absolute atomic E-state index is 14.0. The molecule has 0 aliphatic carbocycles. The van der Waals surface area contributed by atoms with Crippen LogP contribution in [0, 0.1) is 6.92 Å². The fourth-order valence-corrected chi connectivity index (χ4v) is 3.80. The molecule has 0 saturated carbocycles. The number of fused-ring (bicyclic) bond motifs is 1. The molecule has 0 spiro atoms. The summed E-state index contributed by atoms with van der Waals surface area (Å²) in [5, 5.41) is 1.54. The molecule has 1 aromatic heterocycles. The molecule has 3 rings (SSSR count). The van der Waals surface area contributed by atoms with Crippen LogP contribution in [-0.4, -0.2) is 4.98 Å². The molecule has 136 valence electrons. The molecular weight excluding hydrogens is 420 g/mol. The molecule has 0 aliphatic rings. The minimum atomic E-state index is -2.78. The second-order valence-electron chi connectivity index (χ2n) is 6.48. The average Bonchev–Trinajstić information content (AvgIpc) is 2.60.